The van der Waals surface area contributed by atoms with Crippen molar-refractivity contribution in [1.29, 1.82) is 0 Å². The normalized spacial score (nSPS) is 20.3. The molecule has 15 heavy (non-hydrogen) atoms. The minimum Gasteiger partial charge on any atom is -0.504 e. The number of hydrogen-bond acceptors (Lipinski definition) is 4. The van der Waals surface area contributed by atoms with Crippen LogP contribution in [0, 0.1) is 0 Å². The molecule has 1 aromatic carbocycles. The van der Waals surface area contributed by atoms with E-state index in [1.165, 1.54) is 0 Å². The minimum atomic E-state index is -0.606. The zero-order valence-corrected chi connectivity index (χ0v) is 8.19. The summed E-state index contributed by atoms with van der Waals surface area (Å²) >= 11 is 0. The van der Waals surface area contributed by atoms with E-state index in [9.17, 15) is 10.2 Å². The summed E-state index contributed by atoms with van der Waals surface area (Å²) in [5, 5.41) is 19.7. The molecule has 80 valence electrons. The average Bonchev–Trinajstić information content (AvgIpc) is 2.78. The van der Waals surface area contributed by atoms with E-state index in [2.05, 4.69) is 0 Å². The third-order valence-corrected chi connectivity index (χ3v) is 2.94. The molecule has 1 fully saturated rings. The van der Waals surface area contributed by atoms with E-state index >= 15 is 0 Å². The minimum absolute atomic E-state index is 0.102. The summed E-state index contributed by atoms with van der Waals surface area (Å²) in [6, 6.07) is 3.54. The van der Waals surface area contributed by atoms with Gasteiger partial charge in [0.2, 0.25) is 12.5 Å². The van der Waals surface area contributed by atoms with Gasteiger partial charge < -0.3 is 19.7 Å². The van der Waals surface area contributed by atoms with Crippen molar-refractivity contribution < 1.29 is 19.7 Å². The van der Waals surface area contributed by atoms with Crippen LogP contribution in [0.15, 0.2) is 12.1 Å². The number of hydrogen-bond donors (Lipinski definition) is 2. The maximum atomic E-state index is 9.88. The van der Waals surface area contributed by atoms with Gasteiger partial charge in [-0.2, -0.15) is 0 Å². The molecule has 0 saturated heterocycles. The third-order valence-electron chi connectivity index (χ3n) is 2.94. The fourth-order valence-electron chi connectivity index (χ4n) is 1.82. The van der Waals surface area contributed by atoms with Gasteiger partial charge in [0.15, 0.2) is 11.5 Å². The molecule has 1 aromatic rings. The standard InChI is InChI=1S/C11H12O4/c12-9-7(5-11(13)3-4-11)1-2-8-10(9)15-6-14-8/h1-2,12-13H,3-6H2. The predicted molar refractivity (Wildman–Crippen MR) is 52.1 cm³/mol. The van der Waals surface area contributed by atoms with Gasteiger partial charge in [-0.25, -0.2) is 0 Å². The highest BCUT2D eigenvalue weighted by atomic mass is 16.7. The van der Waals surface area contributed by atoms with Gasteiger partial charge in [0, 0.05) is 12.0 Å². The van der Waals surface area contributed by atoms with E-state index < -0.39 is 5.60 Å². The largest absolute Gasteiger partial charge is 0.504 e. The van der Waals surface area contributed by atoms with E-state index in [1.807, 2.05) is 0 Å². The number of aromatic hydroxyl groups is 1. The molecule has 2 N–H and O–H groups in total. The van der Waals surface area contributed by atoms with Crippen LogP contribution in [0.1, 0.15) is 18.4 Å². The Bertz CT molecular complexity index is 409. The number of phenolic OH excluding ortho intramolecular Hbond substituents is 1. The van der Waals surface area contributed by atoms with Crippen molar-refractivity contribution in [3.63, 3.8) is 0 Å². The summed E-state index contributed by atoms with van der Waals surface area (Å²) in [5.74, 6) is 1.07. The van der Waals surface area contributed by atoms with Crippen LogP contribution in [-0.4, -0.2) is 22.6 Å². The van der Waals surface area contributed by atoms with Crippen LogP contribution in [0.25, 0.3) is 0 Å². The van der Waals surface area contributed by atoms with Gasteiger partial charge in [0.25, 0.3) is 0 Å². The van der Waals surface area contributed by atoms with E-state index in [0.717, 1.165) is 18.4 Å². The lowest BCUT2D eigenvalue weighted by Crippen LogP contribution is -2.10. The van der Waals surface area contributed by atoms with E-state index in [0.29, 0.717) is 17.9 Å². The monoisotopic (exact) mass is 208 g/mol. The number of phenols is 1. The highest BCUT2D eigenvalue weighted by Gasteiger charge is 2.41. The molecule has 4 nitrogen and oxygen atoms in total. The van der Waals surface area contributed by atoms with Gasteiger partial charge >= 0.3 is 0 Å². The highest BCUT2D eigenvalue weighted by Crippen LogP contribution is 2.46. The quantitative estimate of drug-likeness (QED) is 0.766. The number of aliphatic hydroxyl groups is 1. The summed E-state index contributed by atoms with van der Waals surface area (Å²) in [5.41, 5.74) is 0.116. The molecule has 0 aromatic heterocycles. The van der Waals surface area contributed by atoms with Crippen LogP contribution in [0.4, 0.5) is 0 Å². The van der Waals surface area contributed by atoms with Crippen molar-refractivity contribution in [1.82, 2.24) is 0 Å². The first-order valence-corrected chi connectivity index (χ1v) is 5.01. The molecular weight excluding hydrogens is 196 g/mol. The number of rotatable bonds is 2. The first-order valence-electron chi connectivity index (χ1n) is 5.01. The van der Waals surface area contributed by atoms with Crippen LogP contribution >= 0.6 is 0 Å². The maximum absolute atomic E-state index is 9.88. The molecule has 3 rings (SSSR count). The molecule has 0 amide bonds. The first-order chi connectivity index (χ1) is 7.18. The Labute approximate surface area is 87.1 Å². The van der Waals surface area contributed by atoms with Crippen LogP contribution in [0.2, 0.25) is 0 Å². The molecule has 1 aliphatic heterocycles. The fraction of sp³-hybridized carbons (Fsp3) is 0.455. The summed E-state index contributed by atoms with van der Waals surface area (Å²) < 4.78 is 10.3. The molecule has 0 atom stereocenters. The third kappa shape index (κ3) is 1.41. The molecule has 4 heteroatoms. The number of fused-ring (bicyclic) bond motifs is 1. The maximum Gasteiger partial charge on any atom is 0.231 e. The Morgan fingerprint density at radius 2 is 2.07 bits per heavy atom. The Kier molecular flexibility index (Phi) is 1.65. The Hall–Kier alpha value is -1.42. The second-order valence-electron chi connectivity index (χ2n) is 4.21. The average molecular weight is 208 g/mol. The SMILES string of the molecule is Oc1c(CC2(O)CC2)ccc2c1OCO2. The molecule has 0 radical (unpaired) electrons. The lowest BCUT2D eigenvalue weighted by Gasteiger charge is -2.10. The highest BCUT2D eigenvalue weighted by molar-refractivity contribution is 5.56. The first kappa shape index (κ1) is 8.85. The van der Waals surface area contributed by atoms with Crippen molar-refractivity contribution in [3.8, 4) is 17.2 Å². The van der Waals surface area contributed by atoms with E-state index in [1.54, 1.807) is 12.1 Å². The van der Waals surface area contributed by atoms with Crippen LogP contribution < -0.4 is 9.47 Å². The Morgan fingerprint density at radius 3 is 2.80 bits per heavy atom. The van der Waals surface area contributed by atoms with Crippen LogP contribution in [-0.2, 0) is 6.42 Å². The zero-order valence-electron chi connectivity index (χ0n) is 8.19. The molecule has 1 saturated carbocycles. The van der Waals surface area contributed by atoms with Gasteiger partial charge in [-0.15, -0.1) is 0 Å². The van der Waals surface area contributed by atoms with Crippen LogP contribution in [0.3, 0.4) is 0 Å². The predicted octanol–water partition coefficient (Wildman–Crippen LogP) is 1.19. The lowest BCUT2D eigenvalue weighted by molar-refractivity contribution is 0.149. The van der Waals surface area contributed by atoms with Crippen LogP contribution in [0.5, 0.6) is 17.2 Å². The van der Waals surface area contributed by atoms with Crippen molar-refractivity contribution in [2.75, 3.05) is 6.79 Å². The second kappa shape index (κ2) is 2.79. The van der Waals surface area contributed by atoms with Gasteiger partial charge in [-0.05, 0) is 18.9 Å². The van der Waals surface area contributed by atoms with Gasteiger partial charge in [-0.1, -0.05) is 6.07 Å². The summed E-state index contributed by atoms with van der Waals surface area (Å²) in [4.78, 5) is 0. The van der Waals surface area contributed by atoms with E-state index in [-0.39, 0.29) is 12.5 Å². The molecule has 2 aliphatic rings. The van der Waals surface area contributed by atoms with Crippen molar-refractivity contribution in [2.24, 2.45) is 0 Å². The summed E-state index contributed by atoms with van der Waals surface area (Å²) in [6.45, 7) is 0.149. The van der Waals surface area contributed by atoms with Crippen molar-refractivity contribution >= 4 is 0 Å². The van der Waals surface area contributed by atoms with Crippen molar-refractivity contribution in [3.05, 3.63) is 17.7 Å². The zero-order chi connectivity index (χ0) is 10.5. The lowest BCUT2D eigenvalue weighted by atomic mass is 10.0. The number of benzene rings is 1. The Morgan fingerprint density at radius 1 is 1.27 bits per heavy atom. The topological polar surface area (TPSA) is 58.9 Å². The molecule has 0 spiro atoms. The van der Waals surface area contributed by atoms with Gasteiger partial charge in [0.1, 0.15) is 0 Å². The molecule has 0 unspecified atom stereocenters. The molecular formula is C11H12O4. The molecule has 0 bridgehead atoms. The van der Waals surface area contributed by atoms with E-state index in [4.69, 9.17) is 9.47 Å². The Balaban J connectivity index is 1.95. The fourth-order valence-corrected chi connectivity index (χ4v) is 1.82. The van der Waals surface area contributed by atoms with Crippen molar-refractivity contribution in [2.45, 2.75) is 24.9 Å². The molecule has 1 aliphatic carbocycles. The second-order valence-corrected chi connectivity index (χ2v) is 4.21. The summed E-state index contributed by atoms with van der Waals surface area (Å²) in [6.07, 6.45) is 2.09. The number of ether oxygens (including phenoxy) is 2. The smallest absolute Gasteiger partial charge is 0.231 e. The van der Waals surface area contributed by atoms with Gasteiger partial charge in [0.05, 0.1) is 5.60 Å². The molecule has 1 heterocycles. The van der Waals surface area contributed by atoms with Gasteiger partial charge in [-0.3, -0.25) is 0 Å². The summed E-state index contributed by atoms with van der Waals surface area (Å²) in [7, 11) is 0.